The summed E-state index contributed by atoms with van der Waals surface area (Å²) < 4.78 is 0. The van der Waals surface area contributed by atoms with E-state index >= 15 is 0 Å². The van der Waals surface area contributed by atoms with Crippen LogP contribution in [0.4, 0.5) is 22.5 Å². The van der Waals surface area contributed by atoms with Gasteiger partial charge in [0.15, 0.2) is 5.13 Å². The van der Waals surface area contributed by atoms with E-state index in [1.165, 1.54) is 28.0 Å². The lowest BCUT2D eigenvalue weighted by atomic mass is 10.0. The molecule has 0 aliphatic heterocycles. The average molecular weight is 497 g/mol. The highest BCUT2D eigenvalue weighted by Crippen LogP contribution is 2.31. The molecule has 0 radical (unpaired) electrons. The van der Waals surface area contributed by atoms with Crippen LogP contribution in [0, 0.1) is 6.92 Å². The van der Waals surface area contributed by atoms with E-state index in [1.54, 1.807) is 6.20 Å². The quantitative estimate of drug-likeness (QED) is 0.227. The zero-order chi connectivity index (χ0) is 24.9. The van der Waals surface area contributed by atoms with Gasteiger partial charge in [-0.25, -0.2) is 15.0 Å². The van der Waals surface area contributed by atoms with E-state index in [-0.39, 0.29) is 6.61 Å². The van der Waals surface area contributed by atoms with Crippen molar-refractivity contribution in [1.82, 2.24) is 20.3 Å². The Bertz CT molecular complexity index is 1470. The molecule has 8 heteroatoms. The molecule has 0 unspecified atom stereocenters. The van der Waals surface area contributed by atoms with Crippen molar-refractivity contribution >= 4 is 44.1 Å². The van der Waals surface area contributed by atoms with Gasteiger partial charge in [0.1, 0.15) is 22.0 Å². The Morgan fingerprint density at radius 3 is 2.61 bits per heavy atom. The summed E-state index contributed by atoms with van der Waals surface area (Å²) in [6.07, 6.45) is 1.77. The van der Waals surface area contributed by atoms with E-state index in [4.69, 9.17) is 10.1 Å². The Balaban J connectivity index is 1.32. The zero-order valence-electron chi connectivity index (χ0n) is 20.3. The highest BCUT2D eigenvalue weighted by atomic mass is 32.1. The first-order valence-corrected chi connectivity index (χ1v) is 12.6. The van der Waals surface area contributed by atoms with Crippen LogP contribution in [0.1, 0.15) is 11.1 Å². The van der Waals surface area contributed by atoms with Gasteiger partial charge in [-0.1, -0.05) is 47.7 Å². The predicted molar refractivity (Wildman–Crippen MR) is 148 cm³/mol. The number of aliphatic hydroxyl groups excluding tert-OH is 1. The van der Waals surface area contributed by atoms with E-state index in [2.05, 4.69) is 81.0 Å². The largest absolute Gasteiger partial charge is 0.395 e. The maximum Gasteiger partial charge on any atom is 0.190 e. The lowest BCUT2D eigenvalue weighted by Crippen LogP contribution is -2.17. The topological polar surface area (TPSA) is 86.2 Å². The Morgan fingerprint density at radius 2 is 1.81 bits per heavy atom. The van der Waals surface area contributed by atoms with E-state index in [0.29, 0.717) is 13.1 Å². The molecule has 36 heavy (non-hydrogen) atoms. The van der Waals surface area contributed by atoms with E-state index in [9.17, 15) is 0 Å². The molecule has 0 aliphatic rings. The summed E-state index contributed by atoms with van der Waals surface area (Å²) in [5.41, 5.74) is 6.71. The maximum absolute atomic E-state index is 8.94. The first kappa shape index (κ1) is 23.9. The van der Waals surface area contributed by atoms with Crippen molar-refractivity contribution in [2.24, 2.45) is 0 Å². The third-order valence-corrected chi connectivity index (χ3v) is 6.85. The standard InChI is InChI=1S/C28H28N6OS/c1-19-5-3-4-6-23(19)21-7-9-22(10-8-21)34(2)26-12-11-24-27(33-26)36-28(31-24)32-25-17-20(13-14-30-25)18-29-15-16-35/h3-14,17,29,35H,15-16,18H2,1-2H3,(H,30,31,32). The predicted octanol–water partition coefficient (Wildman–Crippen LogP) is 5.66. The Labute approximate surface area is 214 Å². The second-order valence-corrected chi connectivity index (χ2v) is 9.49. The molecule has 3 heterocycles. The summed E-state index contributed by atoms with van der Waals surface area (Å²) in [4.78, 5) is 16.9. The molecule has 5 rings (SSSR count). The number of thiazole rings is 1. The third-order valence-electron chi connectivity index (χ3n) is 5.97. The fourth-order valence-electron chi connectivity index (χ4n) is 4.02. The number of hydrogen-bond donors (Lipinski definition) is 3. The monoisotopic (exact) mass is 496 g/mol. The van der Waals surface area contributed by atoms with Gasteiger partial charge in [0, 0.05) is 32.0 Å². The van der Waals surface area contributed by atoms with Crippen LogP contribution in [0.25, 0.3) is 21.5 Å². The smallest absolute Gasteiger partial charge is 0.190 e. The van der Waals surface area contributed by atoms with Gasteiger partial charge < -0.3 is 20.6 Å². The van der Waals surface area contributed by atoms with Crippen molar-refractivity contribution in [3.63, 3.8) is 0 Å². The number of hydrogen-bond acceptors (Lipinski definition) is 8. The average Bonchev–Trinajstić information content (AvgIpc) is 3.30. The van der Waals surface area contributed by atoms with Crippen molar-refractivity contribution in [3.05, 3.63) is 90.1 Å². The van der Waals surface area contributed by atoms with Crippen molar-refractivity contribution in [2.75, 3.05) is 30.4 Å². The van der Waals surface area contributed by atoms with Gasteiger partial charge in [-0.05, 0) is 65.6 Å². The second kappa shape index (κ2) is 10.8. The van der Waals surface area contributed by atoms with Crippen LogP contribution in [-0.4, -0.2) is 40.3 Å². The minimum atomic E-state index is 0.116. The lowest BCUT2D eigenvalue weighted by molar-refractivity contribution is 0.292. The first-order valence-electron chi connectivity index (χ1n) is 11.8. The number of rotatable bonds is 9. The van der Waals surface area contributed by atoms with Crippen molar-refractivity contribution < 1.29 is 5.11 Å². The van der Waals surface area contributed by atoms with Gasteiger partial charge in [0.25, 0.3) is 0 Å². The SMILES string of the molecule is Cc1ccccc1-c1ccc(N(C)c2ccc3nc(Nc4cc(CNCCO)ccn4)sc3n2)cc1. The molecule has 0 aliphatic carbocycles. The molecule has 0 bridgehead atoms. The molecule has 0 saturated heterocycles. The summed E-state index contributed by atoms with van der Waals surface area (Å²) in [6, 6.07) is 24.9. The molecule has 3 N–H and O–H groups in total. The number of nitrogens with one attached hydrogen (secondary N) is 2. The summed E-state index contributed by atoms with van der Waals surface area (Å²) in [5, 5.41) is 16.2. The molecule has 0 spiro atoms. The van der Waals surface area contributed by atoms with E-state index in [1.807, 2.05) is 31.3 Å². The van der Waals surface area contributed by atoms with Crippen LogP contribution in [-0.2, 0) is 6.54 Å². The Hall–Kier alpha value is -3.85. The second-order valence-electron chi connectivity index (χ2n) is 8.51. The number of pyridine rings is 2. The molecule has 3 aromatic heterocycles. The summed E-state index contributed by atoms with van der Waals surface area (Å²) >= 11 is 1.50. The molecule has 0 saturated carbocycles. The molecule has 5 aromatic rings. The van der Waals surface area contributed by atoms with Crippen LogP contribution in [0.3, 0.4) is 0 Å². The number of aromatic nitrogens is 3. The highest BCUT2D eigenvalue weighted by Gasteiger charge is 2.11. The molecule has 0 atom stereocenters. The van der Waals surface area contributed by atoms with Crippen LogP contribution >= 0.6 is 11.3 Å². The number of fused-ring (bicyclic) bond motifs is 1. The van der Waals surface area contributed by atoms with Crippen LogP contribution in [0.5, 0.6) is 0 Å². The van der Waals surface area contributed by atoms with Gasteiger partial charge in [0.2, 0.25) is 0 Å². The van der Waals surface area contributed by atoms with Gasteiger partial charge >= 0.3 is 0 Å². The molecular formula is C28H28N6OS. The van der Waals surface area contributed by atoms with Gasteiger partial charge in [0.05, 0.1) is 6.61 Å². The van der Waals surface area contributed by atoms with Crippen molar-refractivity contribution in [3.8, 4) is 11.1 Å². The normalized spacial score (nSPS) is 11.1. The van der Waals surface area contributed by atoms with E-state index in [0.717, 1.165) is 38.4 Å². The first-order chi connectivity index (χ1) is 17.6. The van der Waals surface area contributed by atoms with Gasteiger partial charge in [-0.15, -0.1) is 0 Å². The van der Waals surface area contributed by atoms with Gasteiger partial charge in [-0.3, -0.25) is 0 Å². The molecule has 0 fully saturated rings. The van der Waals surface area contributed by atoms with Crippen LogP contribution < -0.4 is 15.5 Å². The van der Waals surface area contributed by atoms with E-state index < -0.39 is 0 Å². The highest BCUT2D eigenvalue weighted by molar-refractivity contribution is 7.21. The number of nitrogens with zero attached hydrogens (tertiary/aromatic N) is 4. The zero-order valence-corrected chi connectivity index (χ0v) is 21.1. The minimum Gasteiger partial charge on any atom is -0.395 e. The number of aryl methyl sites for hydroxylation is 1. The molecule has 2 aromatic carbocycles. The van der Waals surface area contributed by atoms with Gasteiger partial charge in [-0.2, -0.15) is 0 Å². The van der Waals surface area contributed by atoms with Crippen molar-refractivity contribution in [1.29, 1.82) is 0 Å². The number of aliphatic hydroxyl groups is 1. The number of anilines is 4. The molecule has 182 valence electrons. The lowest BCUT2D eigenvalue weighted by Gasteiger charge is -2.18. The molecule has 7 nitrogen and oxygen atoms in total. The maximum atomic E-state index is 8.94. The molecule has 0 amide bonds. The van der Waals surface area contributed by atoms with Crippen LogP contribution in [0.2, 0.25) is 0 Å². The fraction of sp³-hybridized carbons (Fsp3) is 0.179. The number of benzene rings is 2. The third kappa shape index (κ3) is 5.36. The summed E-state index contributed by atoms with van der Waals surface area (Å²) in [6.45, 7) is 3.48. The van der Waals surface area contributed by atoms with Crippen LogP contribution in [0.15, 0.2) is 79.0 Å². The fourth-order valence-corrected chi connectivity index (χ4v) is 4.86. The summed E-state index contributed by atoms with van der Waals surface area (Å²) in [7, 11) is 2.03. The Morgan fingerprint density at radius 1 is 0.972 bits per heavy atom. The minimum absolute atomic E-state index is 0.116. The van der Waals surface area contributed by atoms with Crippen molar-refractivity contribution in [2.45, 2.75) is 13.5 Å². The molecular weight excluding hydrogens is 468 g/mol. The summed E-state index contributed by atoms with van der Waals surface area (Å²) in [5.74, 6) is 1.58. The Kier molecular flexibility index (Phi) is 7.18.